The van der Waals surface area contributed by atoms with Gasteiger partial charge in [-0.2, -0.15) is 0 Å². The molecule has 8 heteroatoms. The van der Waals surface area contributed by atoms with E-state index in [2.05, 4.69) is 15.2 Å². The number of aryl methyl sites for hydroxylation is 2. The van der Waals surface area contributed by atoms with Crippen molar-refractivity contribution in [2.24, 2.45) is 0 Å². The lowest BCUT2D eigenvalue weighted by atomic mass is 10.1. The smallest absolute Gasteiger partial charge is 0.240 e. The number of sulfonamides is 1. The first-order valence-electron chi connectivity index (χ1n) is 9.88. The van der Waals surface area contributed by atoms with Crippen LogP contribution in [0.4, 0.5) is 5.69 Å². The highest BCUT2D eigenvalue weighted by atomic mass is 32.2. The molecule has 0 saturated carbocycles. The first-order chi connectivity index (χ1) is 14.8. The summed E-state index contributed by atoms with van der Waals surface area (Å²) in [6.45, 7) is 5.70. The molecule has 0 bridgehead atoms. The van der Waals surface area contributed by atoms with E-state index in [0.29, 0.717) is 23.6 Å². The Morgan fingerprint density at radius 1 is 1.10 bits per heavy atom. The molecule has 0 radical (unpaired) electrons. The molecule has 162 valence electrons. The normalized spacial score (nSPS) is 11.7. The molecule has 0 saturated heterocycles. The van der Waals surface area contributed by atoms with Gasteiger partial charge in [0.1, 0.15) is 11.4 Å². The van der Waals surface area contributed by atoms with Crippen molar-refractivity contribution in [1.82, 2.24) is 9.88 Å². The third-order valence-electron chi connectivity index (χ3n) is 4.64. The number of benzene rings is 2. The predicted molar refractivity (Wildman–Crippen MR) is 121 cm³/mol. The number of hydrogen-bond donors (Lipinski definition) is 2. The van der Waals surface area contributed by atoms with Crippen molar-refractivity contribution in [3.63, 3.8) is 0 Å². The second-order valence-electron chi connectivity index (χ2n) is 7.12. The Morgan fingerprint density at radius 3 is 2.52 bits per heavy atom. The molecule has 1 aromatic heterocycles. The molecule has 0 aliphatic rings. The first kappa shape index (κ1) is 22.5. The number of nitrogens with one attached hydrogen (secondary N) is 2. The Balaban J connectivity index is 1.69. The number of aromatic nitrogens is 1. The number of carbonyl (C=O) groups excluding carboxylic acids is 1. The van der Waals surface area contributed by atoms with Gasteiger partial charge in [0.25, 0.3) is 0 Å². The van der Waals surface area contributed by atoms with Gasteiger partial charge < -0.3 is 9.84 Å². The van der Waals surface area contributed by atoms with Gasteiger partial charge in [0, 0.05) is 13.0 Å². The Morgan fingerprint density at radius 2 is 1.84 bits per heavy atom. The summed E-state index contributed by atoms with van der Waals surface area (Å²) in [5, 5.41) is 6.66. The Kier molecular flexibility index (Phi) is 7.04. The van der Waals surface area contributed by atoms with Gasteiger partial charge in [-0.15, -0.1) is 0 Å². The number of hydrogen-bond acceptors (Lipinski definition) is 5. The average Bonchev–Trinajstić information content (AvgIpc) is 3.10. The van der Waals surface area contributed by atoms with Gasteiger partial charge in [-0.3, -0.25) is 4.79 Å². The summed E-state index contributed by atoms with van der Waals surface area (Å²) in [7, 11) is -3.63. The number of amides is 1. The molecule has 7 nitrogen and oxygen atoms in total. The van der Waals surface area contributed by atoms with Crippen LogP contribution in [0.2, 0.25) is 0 Å². The highest BCUT2D eigenvalue weighted by molar-refractivity contribution is 7.89. The molecular formula is C23H25N3O4S. The third-order valence-corrected chi connectivity index (χ3v) is 6.06. The quantitative estimate of drug-likeness (QED) is 0.545. The van der Waals surface area contributed by atoms with Crippen molar-refractivity contribution >= 4 is 33.8 Å². The molecule has 0 unspecified atom stereocenters. The highest BCUT2D eigenvalue weighted by Crippen LogP contribution is 2.23. The molecule has 1 heterocycles. The van der Waals surface area contributed by atoms with E-state index in [4.69, 9.17) is 4.52 Å². The summed E-state index contributed by atoms with van der Waals surface area (Å²) in [6.07, 6.45) is 3.80. The number of carbonyl (C=O) groups is 1. The molecule has 0 spiro atoms. The molecule has 0 atom stereocenters. The lowest BCUT2D eigenvalue weighted by Gasteiger charge is -2.08. The zero-order chi connectivity index (χ0) is 22.4. The number of anilines is 1. The van der Waals surface area contributed by atoms with E-state index in [1.54, 1.807) is 50.3 Å². The van der Waals surface area contributed by atoms with E-state index in [-0.39, 0.29) is 17.3 Å². The van der Waals surface area contributed by atoms with Crippen molar-refractivity contribution in [3.8, 4) is 0 Å². The van der Waals surface area contributed by atoms with Gasteiger partial charge in [0.15, 0.2) is 5.76 Å². The minimum absolute atomic E-state index is 0.131. The Hall–Kier alpha value is -3.23. The molecule has 1 amide bonds. The highest BCUT2D eigenvalue weighted by Gasteiger charge is 2.14. The van der Waals surface area contributed by atoms with Crippen LogP contribution in [-0.2, 0) is 21.4 Å². The van der Waals surface area contributed by atoms with Crippen LogP contribution in [0.25, 0.3) is 12.2 Å². The van der Waals surface area contributed by atoms with Gasteiger partial charge in [0.2, 0.25) is 15.9 Å². The maximum atomic E-state index is 12.6. The lowest BCUT2D eigenvalue weighted by molar-refractivity contribution is -0.115. The second-order valence-corrected chi connectivity index (χ2v) is 8.89. The van der Waals surface area contributed by atoms with Gasteiger partial charge >= 0.3 is 0 Å². The predicted octanol–water partition coefficient (Wildman–Crippen LogP) is 4.29. The molecule has 0 aliphatic carbocycles. The van der Waals surface area contributed by atoms with Crippen LogP contribution in [0, 0.1) is 13.8 Å². The molecule has 31 heavy (non-hydrogen) atoms. The Bertz CT molecular complexity index is 1200. The van der Waals surface area contributed by atoms with Crippen LogP contribution in [0.15, 0.2) is 57.9 Å². The van der Waals surface area contributed by atoms with Crippen molar-refractivity contribution < 1.29 is 17.7 Å². The summed E-state index contributed by atoms with van der Waals surface area (Å²) in [5.41, 5.74) is 3.87. The van der Waals surface area contributed by atoms with E-state index < -0.39 is 10.0 Å². The van der Waals surface area contributed by atoms with E-state index in [0.717, 1.165) is 16.7 Å². The fourth-order valence-electron chi connectivity index (χ4n) is 2.89. The van der Waals surface area contributed by atoms with Crippen LogP contribution in [0.3, 0.4) is 0 Å². The second kappa shape index (κ2) is 9.72. The molecule has 3 rings (SSSR count). The van der Waals surface area contributed by atoms with Crippen LogP contribution in [-0.4, -0.2) is 19.5 Å². The van der Waals surface area contributed by atoms with Crippen molar-refractivity contribution in [1.29, 1.82) is 0 Å². The van der Waals surface area contributed by atoms with E-state index in [9.17, 15) is 13.2 Å². The maximum Gasteiger partial charge on any atom is 0.240 e. The summed E-state index contributed by atoms with van der Waals surface area (Å²) < 4.78 is 33.0. The number of rotatable bonds is 8. The SMILES string of the molecule is CCC(=O)Nc1c(C)noc1C=Cc1ccc(S(=O)(=O)NCc2cccc(C)c2)cc1. The summed E-state index contributed by atoms with van der Waals surface area (Å²) in [6, 6.07) is 14.2. The lowest BCUT2D eigenvalue weighted by Crippen LogP contribution is -2.23. The molecule has 3 aromatic rings. The first-order valence-corrected chi connectivity index (χ1v) is 11.4. The summed E-state index contributed by atoms with van der Waals surface area (Å²) in [4.78, 5) is 11.9. The van der Waals surface area contributed by atoms with Gasteiger partial charge in [-0.25, -0.2) is 13.1 Å². The molecule has 0 aliphatic heterocycles. The minimum Gasteiger partial charge on any atom is -0.354 e. The molecule has 2 N–H and O–H groups in total. The fraction of sp³-hybridized carbons (Fsp3) is 0.217. The average molecular weight is 440 g/mol. The van der Waals surface area contributed by atoms with Crippen molar-refractivity contribution in [2.75, 3.05) is 5.32 Å². The van der Waals surface area contributed by atoms with Gasteiger partial charge in [-0.05, 0) is 43.2 Å². The largest absolute Gasteiger partial charge is 0.354 e. The zero-order valence-corrected chi connectivity index (χ0v) is 18.5. The zero-order valence-electron chi connectivity index (χ0n) is 17.7. The maximum absolute atomic E-state index is 12.6. The van der Waals surface area contributed by atoms with Crippen LogP contribution >= 0.6 is 0 Å². The summed E-state index contributed by atoms with van der Waals surface area (Å²) in [5.74, 6) is 0.296. The Labute approximate surface area is 182 Å². The van der Waals surface area contributed by atoms with Crippen molar-refractivity contribution in [2.45, 2.75) is 38.6 Å². The topological polar surface area (TPSA) is 101 Å². The molecular weight excluding hydrogens is 414 g/mol. The van der Waals surface area contributed by atoms with Gasteiger partial charge in [-0.1, -0.05) is 60.1 Å². The van der Waals surface area contributed by atoms with E-state index in [1.807, 2.05) is 31.2 Å². The van der Waals surface area contributed by atoms with Crippen LogP contribution < -0.4 is 10.0 Å². The van der Waals surface area contributed by atoms with E-state index in [1.165, 1.54) is 0 Å². The van der Waals surface area contributed by atoms with E-state index >= 15 is 0 Å². The standard InChI is InChI=1S/C23H25N3O4S/c1-4-22(27)25-23-17(3)26-30-21(23)13-10-18-8-11-20(12-9-18)31(28,29)24-15-19-7-5-6-16(2)14-19/h5-14,24H,4,15H2,1-3H3,(H,25,27). The summed E-state index contributed by atoms with van der Waals surface area (Å²) >= 11 is 0. The molecule has 0 fully saturated rings. The minimum atomic E-state index is -3.63. The van der Waals surface area contributed by atoms with Crippen LogP contribution in [0.1, 0.15) is 41.5 Å². The van der Waals surface area contributed by atoms with Crippen molar-refractivity contribution in [3.05, 3.63) is 76.7 Å². The third kappa shape index (κ3) is 5.90. The number of nitrogens with zero attached hydrogens (tertiary/aromatic N) is 1. The fourth-order valence-corrected chi connectivity index (χ4v) is 3.91. The van der Waals surface area contributed by atoms with Gasteiger partial charge in [0.05, 0.1) is 4.90 Å². The monoisotopic (exact) mass is 439 g/mol. The van der Waals surface area contributed by atoms with Crippen LogP contribution in [0.5, 0.6) is 0 Å². The molecule has 2 aromatic carbocycles.